The van der Waals surface area contributed by atoms with Crippen molar-refractivity contribution in [2.45, 2.75) is 52.4 Å². The Morgan fingerprint density at radius 1 is 0.560 bits per heavy atom. The van der Waals surface area contributed by atoms with Crippen LogP contribution in [-0.4, -0.2) is 9.13 Å². The van der Waals surface area contributed by atoms with Gasteiger partial charge in [0.2, 0.25) is 5.69 Å². The average molecular weight is 647 g/mol. The predicted molar refractivity (Wildman–Crippen MR) is 209 cm³/mol. The zero-order valence-electron chi connectivity index (χ0n) is 29.3. The predicted octanol–water partition coefficient (Wildman–Crippen LogP) is 12.6. The third-order valence-corrected chi connectivity index (χ3v) is 10.1. The molecule has 50 heavy (non-hydrogen) atoms. The largest absolute Gasteiger partial charge is 0.309 e. The summed E-state index contributed by atoms with van der Waals surface area (Å²) in [5.74, 6) is 0. The lowest BCUT2D eigenvalue weighted by atomic mass is 9.86. The van der Waals surface area contributed by atoms with Gasteiger partial charge in [-0.05, 0) is 93.7 Å². The van der Waals surface area contributed by atoms with E-state index in [4.69, 9.17) is 6.57 Å². The van der Waals surface area contributed by atoms with Crippen LogP contribution in [0.5, 0.6) is 0 Å². The topological polar surface area (TPSA) is 38.0 Å². The zero-order valence-corrected chi connectivity index (χ0v) is 29.3. The molecular weight excluding hydrogens is 609 g/mol. The van der Waals surface area contributed by atoms with Crippen LogP contribution in [0.4, 0.5) is 5.69 Å². The summed E-state index contributed by atoms with van der Waals surface area (Å²) in [4.78, 5) is 3.58. The van der Waals surface area contributed by atoms with E-state index < -0.39 is 0 Å². The van der Waals surface area contributed by atoms with Crippen molar-refractivity contribution in [3.8, 4) is 28.6 Å². The van der Waals surface area contributed by atoms with Gasteiger partial charge in [0, 0.05) is 32.9 Å². The van der Waals surface area contributed by atoms with Crippen molar-refractivity contribution in [1.82, 2.24) is 9.13 Å². The van der Waals surface area contributed by atoms with Gasteiger partial charge in [-0.25, -0.2) is 4.85 Å². The number of para-hydroxylation sites is 1. The molecular formula is C46H38N4. The molecule has 0 aliphatic carbocycles. The molecule has 0 saturated carbocycles. The highest BCUT2D eigenvalue weighted by Gasteiger charge is 2.22. The molecule has 4 heteroatoms. The summed E-state index contributed by atoms with van der Waals surface area (Å²) in [5.41, 5.74) is 12.1. The Labute approximate surface area is 293 Å². The Balaban J connectivity index is 1.46. The Morgan fingerprint density at radius 2 is 1.22 bits per heavy atom. The van der Waals surface area contributed by atoms with Crippen molar-refractivity contribution >= 4 is 49.3 Å². The normalized spacial score (nSPS) is 12.2. The van der Waals surface area contributed by atoms with Crippen molar-refractivity contribution in [3.05, 3.63) is 149 Å². The van der Waals surface area contributed by atoms with E-state index >= 15 is 0 Å². The van der Waals surface area contributed by atoms with Gasteiger partial charge in [0.15, 0.2) is 0 Å². The lowest BCUT2D eigenvalue weighted by Crippen LogP contribution is -2.10. The minimum atomic E-state index is -0.0374. The molecule has 242 valence electrons. The van der Waals surface area contributed by atoms with Crippen LogP contribution in [-0.2, 0) is 10.8 Å². The van der Waals surface area contributed by atoms with Gasteiger partial charge in [0.05, 0.1) is 40.3 Å². The second-order valence-corrected chi connectivity index (χ2v) is 15.3. The molecule has 8 aromatic rings. The summed E-state index contributed by atoms with van der Waals surface area (Å²) in [6.07, 6.45) is 0. The van der Waals surface area contributed by atoms with Gasteiger partial charge in [0.1, 0.15) is 0 Å². The zero-order chi connectivity index (χ0) is 34.9. The standard InChI is InChI=1S/C46H38N4/c1-45(2,3)31-17-22-40-37(26-31)36-20-16-29(25-43(36)49(40)33-12-9-8-10-13-33)35-14-11-15-42-44(35)38-27-32(46(4,5)6)18-23-41(38)50(42)34-19-21-39(48-7)30(24-34)28-47/h8-27H,1-6H3. The van der Waals surface area contributed by atoms with Gasteiger partial charge in [-0.3, -0.25) is 0 Å². The highest BCUT2D eigenvalue weighted by molar-refractivity contribution is 6.17. The first kappa shape index (κ1) is 31.2. The van der Waals surface area contributed by atoms with Gasteiger partial charge in [-0.2, -0.15) is 5.26 Å². The van der Waals surface area contributed by atoms with Crippen LogP contribution in [0.2, 0.25) is 0 Å². The van der Waals surface area contributed by atoms with Crippen LogP contribution in [0.1, 0.15) is 58.2 Å². The summed E-state index contributed by atoms with van der Waals surface area (Å²) in [5, 5.41) is 14.7. The third kappa shape index (κ3) is 4.88. The number of nitriles is 1. The maximum absolute atomic E-state index is 9.91. The molecule has 2 heterocycles. The minimum absolute atomic E-state index is 0.0371. The fourth-order valence-electron chi connectivity index (χ4n) is 7.42. The molecule has 0 aliphatic rings. The quantitative estimate of drug-likeness (QED) is 0.176. The molecule has 0 N–H and O–H groups in total. The molecule has 0 fully saturated rings. The SMILES string of the molecule is [C-]#[N+]c1ccc(-n2c3ccc(C(C)(C)C)cc3c3c(-c4ccc5c6cc(C(C)(C)C)ccc6n(-c6ccccc6)c5c4)cccc32)cc1C#N. The van der Waals surface area contributed by atoms with E-state index in [-0.39, 0.29) is 10.8 Å². The summed E-state index contributed by atoms with van der Waals surface area (Å²) >= 11 is 0. The second kappa shape index (κ2) is 11.2. The van der Waals surface area contributed by atoms with E-state index in [1.54, 1.807) is 6.07 Å². The number of nitrogens with zero attached hydrogens (tertiary/aromatic N) is 4. The van der Waals surface area contributed by atoms with Crippen molar-refractivity contribution < 1.29 is 0 Å². The number of fused-ring (bicyclic) bond motifs is 6. The van der Waals surface area contributed by atoms with E-state index in [0.29, 0.717) is 11.3 Å². The first-order valence-corrected chi connectivity index (χ1v) is 17.1. The Hall–Kier alpha value is -6.10. The van der Waals surface area contributed by atoms with Gasteiger partial charge in [-0.15, -0.1) is 0 Å². The van der Waals surface area contributed by atoms with Gasteiger partial charge in [0.25, 0.3) is 0 Å². The van der Waals surface area contributed by atoms with Crippen LogP contribution >= 0.6 is 0 Å². The highest BCUT2D eigenvalue weighted by atomic mass is 15.0. The molecule has 0 radical (unpaired) electrons. The number of aromatic nitrogens is 2. The number of hydrogen-bond acceptors (Lipinski definition) is 1. The molecule has 0 aliphatic heterocycles. The molecule has 8 rings (SSSR count). The maximum Gasteiger partial charge on any atom is 0.204 e. The van der Waals surface area contributed by atoms with Crippen molar-refractivity contribution in [3.63, 3.8) is 0 Å². The monoisotopic (exact) mass is 646 g/mol. The Morgan fingerprint density at radius 3 is 1.88 bits per heavy atom. The highest BCUT2D eigenvalue weighted by Crippen LogP contribution is 2.43. The van der Waals surface area contributed by atoms with E-state index in [1.807, 2.05) is 12.1 Å². The molecule has 0 atom stereocenters. The molecule has 0 unspecified atom stereocenters. The van der Waals surface area contributed by atoms with Crippen molar-refractivity contribution in [2.24, 2.45) is 0 Å². The Bertz CT molecular complexity index is 2730. The summed E-state index contributed by atoms with van der Waals surface area (Å²) < 4.78 is 4.63. The third-order valence-electron chi connectivity index (χ3n) is 10.1. The molecule has 6 aromatic carbocycles. The molecule has 2 aromatic heterocycles. The maximum atomic E-state index is 9.91. The van der Waals surface area contributed by atoms with E-state index in [2.05, 4.69) is 165 Å². The van der Waals surface area contributed by atoms with E-state index in [9.17, 15) is 5.26 Å². The summed E-state index contributed by atoms with van der Waals surface area (Å²) in [7, 11) is 0. The van der Waals surface area contributed by atoms with Crippen LogP contribution in [0.25, 0.3) is 71.0 Å². The lowest BCUT2D eigenvalue weighted by Gasteiger charge is -2.19. The molecule has 0 bridgehead atoms. The van der Waals surface area contributed by atoms with E-state index in [1.165, 1.54) is 32.9 Å². The Kier molecular flexibility index (Phi) is 7.00. The van der Waals surface area contributed by atoms with E-state index in [0.717, 1.165) is 44.3 Å². The number of rotatable bonds is 3. The molecule has 4 nitrogen and oxygen atoms in total. The lowest BCUT2D eigenvalue weighted by molar-refractivity contribution is 0.591. The summed E-state index contributed by atoms with van der Waals surface area (Å²) in [6, 6.07) is 45.5. The summed E-state index contributed by atoms with van der Waals surface area (Å²) in [6.45, 7) is 21.1. The van der Waals surface area contributed by atoms with Crippen LogP contribution < -0.4 is 0 Å². The first-order valence-electron chi connectivity index (χ1n) is 17.1. The van der Waals surface area contributed by atoms with Gasteiger partial charge < -0.3 is 9.13 Å². The molecule has 0 amide bonds. The van der Waals surface area contributed by atoms with Gasteiger partial charge >= 0.3 is 0 Å². The second-order valence-electron chi connectivity index (χ2n) is 15.3. The van der Waals surface area contributed by atoms with Gasteiger partial charge in [-0.1, -0.05) is 102 Å². The van der Waals surface area contributed by atoms with Crippen LogP contribution in [0.3, 0.4) is 0 Å². The smallest absolute Gasteiger partial charge is 0.204 e. The van der Waals surface area contributed by atoms with Crippen LogP contribution in [0.15, 0.2) is 121 Å². The minimum Gasteiger partial charge on any atom is -0.309 e. The van der Waals surface area contributed by atoms with Crippen molar-refractivity contribution in [2.75, 3.05) is 0 Å². The fraction of sp³-hybridized carbons (Fsp3) is 0.174. The molecule has 0 saturated heterocycles. The van der Waals surface area contributed by atoms with Crippen LogP contribution in [0, 0.1) is 17.9 Å². The first-order chi connectivity index (χ1) is 24.0. The average Bonchev–Trinajstić information content (AvgIpc) is 3.62. The number of benzene rings is 6. The fourth-order valence-corrected chi connectivity index (χ4v) is 7.42. The van der Waals surface area contributed by atoms with Crippen molar-refractivity contribution in [1.29, 1.82) is 5.26 Å². The molecule has 0 spiro atoms. The number of hydrogen-bond donors (Lipinski definition) is 0.